The zero-order valence-electron chi connectivity index (χ0n) is 8.95. The van der Waals surface area contributed by atoms with Gasteiger partial charge in [0.1, 0.15) is 6.07 Å². The van der Waals surface area contributed by atoms with Crippen molar-refractivity contribution in [2.45, 2.75) is 20.3 Å². The summed E-state index contributed by atoms with van der Waals surface area (Å²) in [6.45, 7) is 3.75. The molecule has 1 aromatic carbocycles. The van der Waals surface area contributed by atoms with E-state index in [1.54, 1.807) is 24.3 Å². The fourth-order valence-corrected chi connectivity index (χ4v) is 1.25. The lowest BCUT2D eigenvalue weighted by Crippen LogP contribution is -2.03. The van der Waals surface area contributed by atoms with Crippen LogP contribution in [-0.4, -0.2) is 5.78 Å². The van der Waals surface area contributed by atoms with E-state index in [-0.39, 0.29) is 11.4 Å². The van der Waals surface area contributed by atoms with Crippen molar-refractivity contribution in [3.63, 3.8) is 0 Å². The summed E-state index contributed by atoms with van der Waals surface area (Å²) < 4.78 is 0. The van der Waals surface area contributed by atoms with Gasteiger partial charge in [-0.25, -0.2) is 0 Å². The second-order valence-electron chi connectivity index (χ2n) is 3.32. The fraction of sp³-hybridized carbons (Fsp3) is 0.231. The first-order chi connectivity index (χ1) is 7.20. The van der Waals surface area contributed by atoms with Gasteiger partial charge in [-0.2, -0.15) is 5.26 Å². The second kappa shape index (κ2) is 5.11. The Morgan fingerprint density at radius 3 is 2.40 bits per heavy atom. The van der Waals surface area contributed by atoms with Gasteiger partial charge in [-0.15, -0.1) is 0 Å². The van der Waals surface area contributed by atoms with E-state index in [9.17, 15) is 4.79 Å². The van der Waals surface area contributed by atoms with E-state index in [0.29, 0.717) is 5.56 Å². The second-order valence-corrected chi connectivity index (χ2v) is 3.32. The van der Waals surface area contributed by atoms with Crippen LogP contribution in [0.3, 0.4) is 0 Å². The first-order valence-electron chi connectivity index (χ1n) is 4.90. The molecule has 0 bridgehead atoms. The van der Waals surface area contributed by atoms with Crippen LogP contribution in [0, 0.1) is 11.3 Å². The topological polar surface area (TPSA) is 40.9 Å². The number of hydrogen-bond donors (Lipinski definition) is 0. The SMILES string of the molecule is CCC(C)=C(C#N)C(=O)c1ccccc1. The molecule has 15 heavy (non-hydrogen) atoms. The maximum absolute atomic E-state index is 11.9. The minimum absolute atomic E-state index is 0.183. The van der Waals surface area contributed by atoms with Gasteiger partial charge in [0.05, 0.1) is 5.57 Å². The van der Waals surface area contributed by atoms with Crippen molar-refractivity contribution in [2.24, 2.45) is 0 Å². The van der Waals surface area contributed by atoms with Gasteiger partial charge >= 0.3 is 0 Å². The number of Topliss-reactive ketones (excluding diaryl/α,β-unsaturated/α-hetero) is 1. The van der Waals surface area contributed by atoms with Gasteiger partial charge in [0.15, 0.2) is 0 Å². The van der Waals surface area contributed by atoms with E-state index >= 15 is 0 Å². The van der Waals surface area contributed by atoms with Gasteiger partial charge in [0.2, 0.25) is 5.78 Å². The zero-order valence-corrected chi connectivity index (χ0v) is 8.95. The van der Waals surface area contributed by atoms with Gasteiger partial charge in [0, 0.05) is 5.56 Å². The number of ketones is 1. The van der Waals surface area contributed by atoms with Crippen LogP contribution in [0.1, 0.15) is 30.6 Å². The first-order valence-corrected chi connectivity index (χ1v) is 4.90. The Bertz CT molecular complexity index is 424. The molecule has 0 radical (unpaired) electrons. The predicted molar refractivity (Wildman–Crippen MR) is 59.4 cm³/mol. The molecule has 0 saturated heterocycles. The Hall–Kier alpha value is -1.88. The largest absolute Gasteiger partial charge is 0.288 e. The number of benzene rings is 1. The number of rotatable bonds is 3. The van der Waals surface area contributed by atoms with Crippen LogP contribution in [0.25, 0.3) is 0 Å². The number of carbonyl (C=O) groups is 1. The maximum atomic E-state index is 11.9. The normalized spacial score (nSPS) is 11.5. The van der Waals surface area contributed by atoms with Crippen molar-refractivity contribution in [3.05, 3.63) is 47.0 Å². The molecular weight excluding hydrogens is 186 g/mol. The Labute approximate surface area is 89.9 Å². The lowest BCUT2D eigenvalue weighted by Gasteiger charge is -2.02. The molecule has 0 spiro atoms. The third-order valence-corrected chi connectivity index (χ3v) is 2.33. The summed E-state index contributed by atoms with van der Waals surface area (Å²) >= 11 is 0. The van der Waals surface area contributed by atoms with Crippen LogP contribution in [0.4, 0.5) is 0 Å². The molecule has 0 aromatic heterocycles. The van der Waals surface area contributed by atoms with E-state index in [1.165, 1.54) is 0 Å². The molecule has 0 unspecified atom stereocenters. The number of hydrogen-bond acceptors (Lipinski definition) is 2. The molecule has 2 nitrogen and oxygen atoms in total. The van der Waals surface area contributed by atoms with Gasteiger partial charge in [0.25, 0.3) is 0 Å². The summed E-state index contributed by atoms with van der Waals surface area (Å²) in [4.78, 5) is 11.9. The third-order valence-electron chi connectivity index (χ3n) is 2.33. The number of nitrogens with zero attached hydrogens (tertiary/aromatic N) is 1. The van der Waals surface area contributed by atoms with E-state index in [0.717, 1.165) is 12.0 Å². The van der Waals surface area contributed by atoms with E-state index in [2.05, 4.69) is 0 Å². The van der Waals surface area contributed by atoms with Gasteiger partial charge in [-0.05, 0) is 13.3 Å². The molecule has 0 amide bonds. The van der Waals surface area contributed by atoms with Crippen LogP contribution in [-0.2, 0) is 0 Å². The summed E-state index contributed by atoms with van der Waals surface area (Å²) in [5.41, 5.74) is 1.68. The average molecular weight is 199 g/mol. The first kappa shape index (κ1) is 11.2. The van der Waals surface area contributed by atoms with Crippen molar-refractivity contribution in [3.8, 4) is 6.07 Å². The van der Waals surface area contributed by atoms with Crippen molar-refractivity contribution < 1.29 is 4.79 Å². The monoisotopic (exact) mass is 199 g/mol. The van der Waals surface area contributed by atoms with E-state index < -0.39 is 0 Å². The van der Waals surface area contributed by atoms with Gasteiger partial charge in [-0.3, -0.25) is 4.79 Å². The van der Waals surface area contributed by atoms with Crippen molar-refractivity contribution >= 4 is 5.78 Å². The molecule has 0 aliphatic heterocycles. The van der Waals surface area contributed by atoms with E-state index in [4.69, 9.17) is 5.26 Å². The molecule has 0 aliphatic rings. The highest BCUT2D eigenvalue weighted by atomic mass is 16.1. The molecule has 1 rings (SSSR count). The molecule has 0 saturated carbocycles. The Balaban J connectivity index is 3.11. The predicted octanol–water partition coefficient (Wildman–Crippen LogP) is 3.12. The highest BCUT2D eigenvalue weighted by Gasteiger charge is 2.13. The van der Waals surface area contributed by atoms with Crippen LogP contribution >= 0.6 is 0 Å². The zero-order chi connectivity index (χ0) is 11.3. The summed E-state index contributed by atoms with van der Waals surface area (Å²) in [6, 6.07) is 10.9. The van der Waals surface area contributed by atoms with Crippen LogP contribution in [0.2, 0.25) is 0 Å². The highest BCUT2D eigenvalue weighted by Crippen LogP contribution is 2.13. The molecule has 2 heteroatoms. The number of allylic oxidation sites excluding steroid dienone is 2. The lowest BCUT2D eigenvalue weighted by molar-refractivity contribution is 0.103. The summed E-state index contributed by atoms with van der Waals surface area (Å²) in [6.07, 6.45) is 0.724. The Kier molecular flexibility index (Phi) is 3.82. The molecule has 0 atom stereocenters. The smallest absolute Gasteiger partial charge is 0.203 e. The summed E-state index contributed by atoms with van der Waals surface area (Å²) in [5, 5.41) is 8.93. The molecule has 0 aliphatic carbocycles. The van der Waals surface area contributed by atoms with Crippen LogP contribution < -0.4 is 0 Å². The summed E-state index contributed by atoms with van der Waals surface area (Å²) in [7, 11) is 0. The van der Waals surface area contributed by atoms with Crippen LogP contribution in [0.15, 0.2) is 41.5 Å². The van der Waals surface area contributed by atoms with Crippen LogP contribution in [0.5, 0.6) is 0 Å². The third kappa shape index (κ3) is 2.54. The molecule has 1 aromatic rings. The maximum Gasteiger partial charge on any atom is 0.203 e. The number of carbonyl (C=O) groups excluding carboxylic acids is 1. The van der Waals surface area contributed by atoms with Crippen molar-refractivity contribution in [1.82, 2.24) is 0 Å². The Morgan fingerprint density at radius 1 is 1.33 bits per heavy atom. The van der Waals surface area contributed by atoms with Crippen molar-refractivity contribution in [2.75, 3.05) is 0 Å². The van der Waals surface area contributed by atoms with Gasteiger partial charge in [-0.1, -0.05) is 42.8 Å². The minimum Gasteiger partial charge on any atom is -0.288 e. The quantitative estimate of drug-likeness (QED) is 0.426. The lowest BCUT2D eigenvalue weighted by atomic mass is 9.99. The number of nitriles is 1. The summed E-state index contributed by atoms with van der Waals surface area (Å²) in [5.74, 6) is -0.183. The Morgan fingerprint density at radius 2 is 1.93 bits per heavy atom. The van der Waals surface area contributed by atoms with Gasteiger partial charge < -0.3 is 0 Å². The molecule has 0 N–H and O–H groups in total. The fourth-order valence-electron chi connectivity index (χ4n) is 1.25. The molecule has 76 valence electrons. The highest BCUT2D eigenvalue weighted by molar-refractivity contribution is 6.11. The molecule has 0 fully saturated rings. The standard InChI is InChI=1S/C13H13NO/c1-3-10(2)12(9-14)13(15)11-7-5-4-6-8-11/h4-8H,3H2,1-2H3. The average Bonchev–Trinajstić information content (AvgIpc) is 2.30. The molecular formula is C13H13NO. The molecule has 0 heterocycles. The van der Waals surface area contributed by atoms with E-state index in [1.807, 2.05) is 26.0 Å². The van der Waals surface area contributed by atoms with Crippen molar-refractivity contribution in [1.29, 1.82) is 5.26 Å². The minimum atomic E-state index is -0.183.